The molecule has 1 aromatic heterocycles. The summed E-state index contributed by atoms with van der Waals surface area (Å²) >= 11 is 5.95. The summed E-state index contributed by atoms with van der Waals surface area (Å²) in [5.74, 6) is 0.144. The number of allylic oxidation sites excluding steroid dienone is 3. The van der Waals surface area contributed by atoms with Crippen LogP contribution in [0.25, 0.3) is 0 Å². The van der Waals surface area contributed by atoms with E-state index in [0.29, 0.717) is 11.3 Å². The number of halogens is 4. The molecule has 0 bridgehead atoms. The first-order chi connectivity index (χ1) is 13.1. The number of nitrogens with zero attached hydrogens (tertiary/aromatic N) is 3. The van der Waals surface area contributed by atoms with Crippen LogP contribution in [0.4, 0.5) is 23.8 Å². The Morgan fingerprint density at radius 2 is 2.11 bits per heavy atom. The van der Waals surface area contributed by atoms with Gasteiger partial charge in [-0.05, 0) is 18.2 Å². The van der Waals surface area contributed by atoms with Crippen molar-refractivity contribution in [3.63, 3.8) is 0 Å². The standard InChI is InChI=1S/C18H17ClF3N3O3/c1-12(14(19)5-3-4-8-18(20,21)22)11-28-13-6-7-15(23-9-13)25-16(26)10-24(2)17(25)27/h3-7,9H,1,8,10-11H2,2H3/b4-3-,14-5+. The van der Waals surface area contributed by atoms with Gasteiger partial charge in [0.05, 0.1) is 12.6 Å². The van der Waals surface area contributed by atoms with Gasteiger partial charge < -0.3 is 9.64 Å². The van der Waals surface area contributed by atoms with E-state index >= 15 is 0 Å². The lowest BCUT2D eigenvalue weighted by molar-refractivity contribution is -0.125. The predicted molar refractivity (Wildman–Crippen MR) is 98.1 cm³/mol. The first-order valence-electron chi connectivity index (χ1n) is 8.02. The van der Waals surface area contributed by atoms with Crippen LogP contribution in [0.2, 0.25) is 0 Å². The second kappa shape index (κ2) is 8.92. The Kier molecular flexibility index (Phi) is 6.85. The molecule has 3 amide bonds. The number of hydrogen-bond donors (Lipinski definition) is 0. The van der Waals surface area contributed by atoms with Gasteiger partial charge in [0.1, 0.15) is 24.7 Å². The third-order valence-corrected chi connectivity index (χ3v) is 3.96. The van der Waals surface area contributed by atoms with E-state index in [-0.39, 0.29) is 29.9 Å². The highest BCUT2D eigenvalue weighted by Crippen LogP contribution is 2.22. The lowest BCUT2D eigenvalue weighted by Crippen LogP contribution is -2.32. The molecule has 0 aromatic carbocycles. The van der Waals surface area contributed by atoms with Crippen molar-refractivity contribution in [1.82, 2.24) is 9.88 Å². The van der Waals surface area contributed by atoms with Crippen molar-refractivity contribution >= 4 is 29.4 Å². The molecule has 1 fully saturated rings. The average molecular weight is 416 g/mol. The molecular weight excluding hydrogens is 399 g/mol. The van der Waals surface area contributed by atoms with Crippen molar-refractivity contribution in [3.05, 3.63) is 53.7 Å². The Morgan fingerprint density at radius 3 is 2.64 bits per heavy atom. The van der Waals surface area contributed by atoms with Gasteiger partial charge in [-0.15, -0.1) is 0 Å². The minimum atomic E-state index is -4.27. The Balaban J connectivity index is 1.90. The summed E-state index contributed by atoms with van der Waals surface area (Å²) in [6, 6.07) is 2.52. The highest BCUT2D eigenvalue weighted by Gasteiger charge is 2.35. The summed E-state index contributed by atoms with van der Waals surface area (Å²) in [5.41, 5.74) is 0.355. The van der Waals surface area contributed by atoms with Crippen LogP contribution >= 0.6 is 11.6 Å². The van der Waals surface area contributed by atoms with Gasteiger partial charge >= 0.3 is 12.2 Å². The topological polar surface area (TPSA) is 62.7 Å². The zero-order valence-electron chi connectivity index (χ0n) is 14.9. The number of hydrogen-bond acceptors (Lipinski definition) is 4. The largest absolute Gasteiger partial charge is 0.487 e. The first-order valence-corrected chi connectivity index (χ1v) is 8.40. The Morgan fingerprint density at radius 1 is 1.39 bits per heavy atom. The fourth-order valence-corrected chi connectivity index (χ4v) is 2.27. The minimum absolute atomic E-state index is 0.0131. The average Bonchev–Trinajstić information content (AvgIpc) is 2.88. The number of likely N-dealkylation sites (N-methyl/N-ethyl adjacent to an activating group) is 1. The van der Waals surface area contributed by atoms with E-state index in [9.17, 15) is 22.8 Å². The van der Waals surface area contributed by atoms with E-state index < -0.39 is 18.6 Å². The molecule has 0 saturated carbocycles. The van der Waals surface area contributed by atoms with Crippen LogP contribution in [-0.2, 0) is 4.79 Å². The summed E-state index contributed by atoms with van der Waals surface area (Å²) in [6.07, 6.45) is -0.554. The normalized spacial score (nSPS) is 15.7. The maximum Gasteiger partial charge on any atom is 0.392 e. The third kappa shape index (κ3) is 5.85. The van der Waals surface area contributed by atoms with Gasteiger partial charge in [-0.3, -0.25) is 4.79 Å². The first kappa shape index (κ1) is 21.5. The van der Waals surface area contributed by atoms with Crippen LogP contribution in [0, 0.1) is 0 Å². The molecule has 2 heterocycles. The smallest absolute Gasteiger partial charge is 0.392 e. The number of pyridine rings is 1. The summed E-state index contributed by atoms with van der Waals surface area (Å²) in [6.45, 7) is 3.67. The number of rotatable bonds is 7. The molecule has 0 atom stereocenters. The highest BCUT2D eigenvalue weighted by molar-refractivity contribution is 6.32. The Labute approximate surface area is 164 Å². The lowest BCUT2D eigenvalue weighted by atomic mass is 10.2. The molecule has 1 saturated heterocycles. The van der Waals surface area contributed by atoms with Crippen LogP contribution in [0.15, 0.2) is 53.7 Å². The fourth-order valence-electron chi connectivity index (χ4n) is 2.15. The molecule has 0 spiro atoms. The van der Waals surface area contributed by atoms with Crippen molar-refractivity contribution in [1.29, 1.82) is 0 Å². The van der Waals surface area contributed by atoms with Crippen molar-refractivity contribution < 1.29 is 27.5 Å². The maximum atomic E-state index is 12.0. The van der Waals surface area contributed by atoms with Gasteiger partial charge in [0.2, 0.25) is 0 Å². The monoisotopic (exact) mass is 415 g/mol. The zero-order chi connectivity index (χ0) is 20.9. The molecule has 0 unspecified atom stereocenters. The summed E-state index contributed by atoms with van der Waals surface area (Å²) in [4.78, 5) is 30.0. The van der Waals surface area contributed by atoms with E-state index in [1.54, 1.807) is 0 Å². The Hall–Kier alpha value is -2.81. The summed E-state index contributed by atoms with van der Waals surface area (Å²) in [7, 11) is 1.51. The van der Waals surface area contributed by atoms with E-state index in [1.165, 1.54) is 42.4 Å². The molecule has 0 radical (unpaired) electrons. The maximum absolute atomic E-state index is 12.0. The second-order valence-corrected chi connectivity index (χ2v) is 6.28. The zero-order valence-corrected chi connectivity index (χ0v) is 15.6. The quantitative estimate of drug-likeness (QED) is 0.498. The van der Waals surface area contributed by atoms with Crippen molar-refractivity contribution in [2.75, 3.05) is 25.1 Å². The Bertz CT molecular complexity index is 820. The molecule has 1 aliphatic heterocycles. The van der Waals surface area contributed by atoms with Crippen LogP contribution in [0.3, 0.4) is 0 Å². The van der Waals surface area contributed by atoms with Gasteiger partial charge in [0.15, 0.2) is 0 Å². The number of ether oxygens (including phenoxy) is 1. The molecule has 0 N–H and O–H groups in total. The van der Waals surface area contributed by atoms with E-state index in [1.807, 2.05) is 0 Å². The van der Waals surface area contributed by atoms with Crippen molar-refractivity contribution in [2.45, 2.75) is 12.6 Å². The number of anilines is 1. The highest BCUT2D eigenvalue weighted by atomic mass is 35.5. The second-order valence-electron chi connectivity index (χ2n) is 5.87. The molecule has 150 valence electrons. The molecule has 1 aromatic rings. The van der Waals surface area contributed by atoms with Crippen LogP contribution < -0.4 is 9.64 Å². The van der Waals surface area contributed by atoms with Gasteiger partial charge in [-0.2, -0.15) is 13.2 Å². The summed E-state index contributed by atoms with van der Waals surface area (Å²) in [5, 5.41) is 0.152. The molecule has 28 heavy (non-hydrogen) atoms. The number of alkyl halides is 3. The number of aromatic nitrogens is 1. The number of carbonyl (C=O) groups excluding carboxylic acids is 2. The molecule has 0 aliphatic carbocycles. The van der Waals surface area contributed by atoms with E-state index in [2.05, 4.69) is 11.6 Å². The van der Waals surface area contributed by atoms with Gasteiger partial charge in [0, 0.05) is 17.7 Å². The van der Waals surface area contributed by atoms with Gasteiger partial charge in [0.25, 0.3) is 5.91 Å². The van der Waals surface area contributed by atoms with Crippen LogP contribution in [0.1, 0.15) is 6.42 Å². The molecule has 6 nitrogen and oxygen atoms in total. The van der Waals surface area contributed by atoms with Crippen molar-refractivity contribution in [3.8, 4) is 5.75 Å². The number of urea groups is 1. The third-order valence-electron chi connectivity index (χ3n) is 3.57. The molecule has 10 heteroatoms. The SMILES string of the molecule is C=C(COc1ccc(N2C(=O)CN(C)C2=O)nc1)/C(Cl)=C\C=C/CC(F)(F)F. The minimum Gasteiger partial charge on any atom is -0.487 e. The van der Waals surface area contributed by atoms with Gasteiger partial charge in [-0.1, -0.05) is 30.3 Å². The number of amides is 3. The van der Waals surface area contributed by atoms with E-state index in [0.717, 1.165) is 11.0 Å². The van der Waals surface area contributed by atoms with Crippen LogP contribution in [0.5, 0.6) is 5.75 Å². The molecule has 1 aliphatic rings. The van der Waals surface area contributed by atoms with E-state index in [4.69, 9.17) is 16.3 Å². The predicted octanol–water partition coefficient (Wildman–Crippen LogP) is 4.05. The number of carbonyl (C=O) groups is 2. The molecule has 2 rings (SSSR count). The van der Waals surface area contributed by atoms with Gasteiger partial charge in [-0.25, -0.2) is 14.7 Å². The number of imide groups is 1. The molecular formula is C18H17ClF3N3O3. The lowest BCUT2D eigenvalue weighted by Gasteiger charge is -2.13. The summed E-state index contributed by atoms with van der Waals surface area (Å²) < 4.78 is 41.6. The van der Waals surface area contributed by atoms with Crippen LogP contribution in [-0.4, -0.2) is 48.2 Å². The van der Waals surface area contributed by atoms with Crippen molar-refractivity contribution in [2.24, 2.45) is 0 Å². The fraction of sp³-hybridized carbons (Fsp3) is 0.278.